The lowest BCUT2D eigenvalue weighted by Gasteiger charge is -2.63. The van der Waals surface area contributed by atoms with Gasteiger partial charge in [-0.1, -0.05) is 31.6 Å². The summed E-state index contributed by atoms with van der Waals surface area (Å²) >= 11 is 0. The number of ether oxygens (including phenoxy) is 15. The molecule has 3 saturated carbocycles. The van der Waals surface area contributed by atoms with Gasteiger partial charge < -0.3 is 107 Å². The Morgan fingerprint density at radius 3 is 1.67 bits per heavy atom. The first-order valence-corrected chi connectivity index (χ1v) is 30.3. The summed E-state index contributed by atoms with van der Waals surface area (Å²) in [5.41, 5.74) is -0.606. The maximum Gasteiger partial charge on any atom is 0.333 e. The molecule has 4 aliphatic carbocycles. The molecule has 31 atom stereocenters. The van der Waals surface area contributed by atoms with Crippen LogP contribution in [0.4, 0.5) is 0 Å². The molecule has 5 saturated heterocycles. The molecule has 0 aromatic rings. The molecular formula is C60H96O24. The normalized spacial score (nSPS) is 50.8. The molecule has 5 heterocycles. The monoisotopic (exact) mass is 1200 g/mol. The third kappa shape index (κ3) is 12.2. The molecule has 0 aromatic heterocycles. The van der Waals surface area contributed by atoms with Crippen LogP contribution in [0.1, 0.15) is 120 Å². The molecule has 0 radical (unpaired) electrons. The third-order valence-electron chi connectivity index (χ3n) is 21.1. The molecule has 9 rings (SSSR count). The van der Waals surface area contributed by atoms with Gasteiger partial charge in [-0.15, -0.1) is 0 Å². The van der Waals surface area contributed by atoms with Crippen LogP contribution in [0, 0.1) is 28.6 Å². The van der Waals surface area contributed by atoms with Gasteiger partial charge >= 0.3 is 5.97 Å². The lowest BCUT2D eigenvalue weighted by molar-refractivity contribution is -0.383. The number of allylic oxidation sites excluding steroid dienone is 2. The highest BCUT2D eigenvalue weighted by atomic mass is 16.8. The van der Waals surface area contributed by atoms with E-state index in [1.54, 1.807) is 54.9 Å². The van der Waals surface area contributed by atoms with Crippen molar-refractivity contribution in [2.45, 2.75) is 279 Å². The number of fused-ring (bicyclic) bond motifs is 5. The number of methoxy groups -OCH3 is 4. The number of Topliss-reactive ketones (excluding diaryl/α,β-unsaturated/α-hetero) is 1. The molecule has 84 heavy (non-hydrogen) atoms. The van der Waals surface area contributed by atoms with Gasteiger partial charge in [0.1, 0.15) is 85.1 Å². The van der Waals surface area contributed by atoms with E-state index in [1.165, 1.54) is 19.8 Å². The Hall–Kier alpha value is -2.22. The van der Waals surface area contributed by atoms with E-state index in [9.17, 15) is 45.3 Å². The maximum absolute atomic E-state index is 13.4. The van der Waals surface area contributed by atoms with Gasteiger partial charge in [0.05, 0.1) is 54.9 Å². The van der Waals surface area contributed by atoms with E-state index < -0.39 is 177 Å². The Bertz CT molecular complexity index is 2310. The number of carbonyl (C=O) groups is 2. The Balaban J connectivity index is 0.780. The SMILES string of the molecule is CC=C(C)C(=O)OC1CC2C(CC=C3CC(OC4CC(OC)C(OC5CC(OC)C(OC6OC(C)C(OC7OC(C)C(OC8OC(CO)C(O)C(O)C8O)C(OC)C7O)C(OC)C6O)C(C)O5)C(C)O4)CCC32C)C2(O)CCC(C(C)=O)C12C. The zero-order valence-electron chi connectivity index (χ0n) is 51.0. The fraction of sp³-hybridized carbons (Fsp3) is 0.900. The highest BCUT2D eigenvalue weighted by Gasteiger charge is 2.72. The maximum atomic E-state index is 13.4. The Morgan fingerprint density at radius 2 is 1.14 bits per heavy atom. The van der Waals surface area contributed by atoms with Gasteiger partial charge in [0.25, 0.3) is 0 Å². The minimum Gasteiger partial charge on any atom is -0.458 e. The van der Waals surface area contributed by atoms with Crippen LogP contribution < -0.4 is 0 Å². The van der Waals surface area contributed by atoms with Gasteiger partial charge in [0.2, 0.25) is 0 Å². The van der Waals surface area contributed by atoms with Crippen molar-refractivity contribution in [3.05, 3.63) is 23.3 Å². The van der Waals surface area contributed by atoms with Crippen molar-refractivity contribution in [2.75, 3.05) is 35.0 Å². The van der Waals surface area contributed by atoms with E-state index in [-0.39, 0.29) is 35.6 Å². The number of aliphatic hydroxyl groups is 7. The number of hydrogen-bond donors (Lipinski definition) is 7. The Kier molecular flexibility index (Phi) is 21.0. The van der Waals surface area contributed by atoms with Crippen LogP contribution >= 0.6 is 0 Å². The first kappa shape index (κ1) is 66.2. The van der Waals surface area contributed by atoms with E-state index >= 15 is 0 Å². The summed E-state index contributed by atoms with van der Waals surface area (Å²) in [4.78, 5) is 26.6. The van der Waals surface area contributed by atoms with Gasteiger partial charge in [0.15, 0.2) is 31.5 Å². The van der Waals surface area contributed by atoms with Crippen molar-refractivity contribution in [1.29, 1.82) is 0 Å². The van der Waals surface area contributed by atoms with E-state index in [4.69, 9.17) is 71.1 Å². The molecule has 0 bridgehead atoms. The van der Waals surface area contributed by atoms with Gasteiger partial charge in [-0.3, -0.25) is 4.79 Å². The molecule has 5 aliphatic heterocycles. The second kappa shape index (κ2) is 26.7. The quantitative estimate of drug-likeness (QED) is 0.0587. The average Bonchev–Trinajstić information content (AvgIpc) is 1.37. The van der Waals surface area contributed by atoms with Gasteiger partial charge in [-0.25, -0.2) is 4.79 Å². The van der Waals surface area contributed by atoms with Crippen LogP contribution in [-0.4, -0.2) is 242 Å². The van der Waals surface area contributed by atoms with E-state index in [0.717, 1.165) is 12.8 Å². The first-order chi connectivity index (χ1) is 39.8. The largest absolute Gasteiger partial charge is 0.458 e. The highest BCUT2D eigenvalue weighted by Crippen LogP contribution is 2.69. The van der Waals surface area contributed by atoms with Crippen LogP contribution in [0.25, 0.3) is 0 Å². The molecule has 7 N–H and O–H groups in total. The summed E-state index contributed by atoms with van der Waals surface area (Å²) in [6.07, 6.45) is -15.7. The molecule has 24 heteroatoms. The summed E-state index contributed by atoms with van der Waals surface area (Å²) < 4.78 is 93.0. The van der Waals surface area contributed by atoms with Crippen molar-refractivity contribution < 1.29 is 116 Å². The summed E-state index contributed by atoms with van der Waals surface area (Å²) in [6, 6.07) is 0. The zero-order valence-corrected chi connectivity index (χ0v) is 51.0. The number of rotatable bonds is 18. The van der Waals surface area contributed by atoms with Crippen LogP contribution in [-0.2, 0) is 80.6 Å². The number of aliphatic hydroxyl groups excluding tert-OH is 6. The number of esters is 1. The van der Waals surface area contributed by atoms with Crippen LogP contribution in [0.2, 0.25) is 0 Å². The minimum atomic E-state index is -1.70. The molecule has 0 amide bonds. The van der Waals surface area contributed by atoms with Crippen molar-refractivity contribution in [1.82, 2.24) is 0 Å². The predicted molar refractivity (Wildman–Crippen MR) is 292 cm³/mol. The lowest BCUT2D eigenvalue weighted by Crippen LogP contribution is -2.66. The fourth-order valence-electron chi connectivity index (χ4n) is 16.0. The number of ketones is 1. The highest BCUT2D eigenvalue weighted by molar-refractivity contribution is 5.88. The molecule has 0 spiro atoms. The van der Waals surface area contributed by atoms with E-state index in [0.29, 0.717) is 44.1 Å². The molecule has 8 fully saturated rings. The molecule has 0 aromatic carbocycles. The van der Waals surface area contributed by atoms with Crippen LogP contribution in [0.3, 0.4) is 0 Å². The second-order valence-electron chi connectivity index (χ2n) is 25.6. The lowest BCUT2D eigenvalue weighted by atomic mass is 9.45. The smallest absolute Gasteiger partial charge is 0.333 e. The first-order valence-electron chi connectivity index (χ1n) is 30.3. The Labute approximate surface area is 492 Å². The zero-order chi connectivity index (χ0) is 61.1. The summed E-state index contributed by atoms with van der Waals surface area (Å²) in [5, 5.41) is 77.1. The molecule has 9 aliphatic rings. The van der Waals surface area contributed by atoms with Gasteiger partial charge in [-0.2, -0.15) is 0 Å². The fourth-order valence-corrected chi connectivity index (χ4v) is 16.0. The van der Waals surface area contributed by atoms with E-state index in [1.807, 2.05) is 20.8 Å². The predicted octanol–water partition coefficient (Wildman–Crippen LogP) is 2.02. The molecule has 24 nitrogen and oxygen atoms in total. The molecule has 31 unspecified atom stereocenters. The topological polar surface area (TPSA) is 314 Å². The standard InChI is InChI=1S/C60H96O24/c1-14-26(2)54(68)80-40-22-36-35(60(69)20-18-34(27(3)62)59(40,60)9)16-15-32-21-33(17-19-58(32,36)8)78-41-23-37(70-10)48(28(4)74-41)81-42-24-38(71-11)49(29(5)75-42)82-56-46(66)52(72-12)51(31(7)76-56)84-57-47(67)53(73-13)50(30(6)77-57)83-55-45(65)44(64)43(63)39(25-61)79-55/h14-15,28-31,33-53,55-57,61,63-67,69H,16-25H2,1-13H3. The van der Waals surface area contributed by atoms with Crippen molar-refractivity contribution in [2.24, 2.45) is 28.6 Å². The molecular weight excluding hydrogens is 1100 g/mol. The Morgan fingerprint density at radius 1 is 0.619 bits per heavy atom. The number of hydrogen-bond acceptors (Lipinski definition) is 24. The van der Waals surface area contributed by atoms with Crippen molar-refractivity contribution >= 4 is 11.8 Å². The summed E-state index contributed by atoms with van der Waals surface area (Å²) in [6.45, 7) is 15.8. The van der Waals surface area contributed by atoms with Crippen LogP contribution in [0.15, 0.2) is 23.3 Å². The van der Waals surface area contributed by atoms with Gasteiger partial charge in [0, 0.05) is 58.2 Å². The third-order valence-corrected chi connectivity index (χ3v) is 21.1. The van der Waals surface area contributed by atoms with E-state index in [2.05, 4.69) is 13.0 Å². The van der Waals surface area contributed by atoms with Crippen molar-refractivity contribution in [3.63, 3.8) is 0 Å². The van der Waals surface area contributed by atoms with Gasteiger partial charge in [-0.05, 0) is 111 Å². The average molecular weight is 1200 g/mol. The minimum absolute atomic E-state index is 0.0187. The second-order valence-corrected chi connectivity index (χ2v) is 25.6. The summed E-state index contributed by atoms with van der Waals surface area (Å²) in [5.74, 6) is -0.873. The van der Waals surface area contributed by atoms with Crippen molar-refractivity contribution in [3.8, 4) is 0 Å². The molecule has 480 valence electrons. The summed E-state index contributed by atoms with van der Waals surface area (Å²) in [7, 11) is 5.91. The van der Waals surface area contributed by atoms with Crippen LogP contribution in [0.5, 0.6) is 0 Å². The number of carbonyl (C=O) groups excluding carboxylic acids is 2.